The van der Waals surface area contributed by atoms with Crippen molar-refractivity contribution in [3.05, 3.63) is 0 Å². The van der Waals surface area contributed by atoms with Gasteiger partial charge in [-0.2, -0.15) is 0 Å². The fraction of sp³-hybridized carbons (Fsp3) is 1.00. The van der Waals surface area contributed by atoms with Crippen molar-refractivity contribution in [1.82, 2.24) is 0 Å². The molecule has 0 aromatic carbocycles. The minimum atomic E-state index is -0.521. The molecule has 74 valence electrons. The SMILES string of the molecule is CC.NCCC1(O)CCOCC1. The molecule has 0 atom stereocenters. The van der Waals surface area contributed by atoms with Crippen LogP contribution >= 0.6 is 0 Å². The van der Waals surface area contributed by atoms with E-state index in [4.69, 9.17) is 10.5 Å². The molecule has 0 bridgehead atoms. The van der Waals surface area contributed by atoms with Gasteiger partial charge in [-0.1, -0.05) is 13.8 Å². The van der Waals surface area contributed by atoms with Crippen LogP contribution in [-0.4, -0.2) is 30.5 Å². The maximum absolute atomic E-state index is 9.71. The first-order chi connectivity index (χ1) is 5.77. The van der Waals surface area contributed by atoms with E-state index in [1.54, 1.807) is 0 Å². The van der Waals surface area contributed by atoms with Gasteiger partial charge in [-0.3, -0.25) is 0 Å². The Morgan fingerprint density at radius 1 is 1.33 bits per heavy atom. The van der Waals surface area contributed by atoms with Crippen LogP contribution < -0.4 is 5.73 Å². The second kappa shape index (κ2) is 6.40. The summed E-state index contributed by atoms with van der Waals surface area (Å²) >= 11 is 0. The molecular formula is C9H21NO2. The Balaban J connectivity index is 0.000000561. The Labute approximate surface area is 74.9 Å². The molecule has 0 aromatic heterocycles. The number of rotatable bonds is 2. The first-order valence-electron chi connectivity index (χ1n) is 4.77. The molecule has 1 heterocycles. The molecule has 1 fully saturated rings. The van der Waals surface area contributed by atoms with Gasteiger partial charge >= 0.3 is 0 Å². The summed E-state index contributed by atoms with van der Waals surface area (Å²) in [6.45, 7) is 5.92. The van der Waals surface area contributed by atoms with Gasteiger partial charge in [-0.15, -0.1) is 0 Å². The highest BCUT2D eigenvalue weighted by molar-refractivity contribution is 4.80. The zero-order valence-electron chi connectivity index (χ0n) is 8.18. The Bertz CT molecular complexity index is 95.2. The lowest BCUT2D eigenvalue weighted by Gasteiger charge is -2.31. The topological polar surface area (TPSA) is 55.5 Å². The standard InChI is InChI=1S/C7H15NO2.C2H6/c8-4-1-7(9)2-5-10-6-3-7;1-2/h9H,1-6,8H2;1-2H3. The van der Waals surface area contributed by atoms with Crippen LogP contribution in [0.5, 0.6) is 0 Å². The van der Waals surface area contributed by atoms with Crippen molar-refractivity contribution in [2.45, 2.75) is 38.7 Å². The van der Waals surface area contributed by atoms with Gasteiger partial charge in [0, 0.05) is 13.2 Å². The second-order valence-corrected chi connectivity index (χ2v) is 2.88. The molecule has 3 N–H and O–H groups in total. The largest absolute Gasteiger partial charge is 0.390 e. The molecule has 1 rings (SSSR count). The van der Waals surface area contributed by atoms with Gasteiger partial charge in [0.05, 0.1) is 5.60 Å². The minimum Gasteiger partial charge on any atom is -0.390 e. The summed E-state index contributed by atoms with van der Waals surface area (Å²) in [4.78, 5) is 0. The van der Waals surface area contributed by atoms with Crippen molar-refractivity contribution in [2.75, 3.05) is 19.8 Å². The first-order valence-corrected chi connectivity index (χ1v) is 4.77. The lowest BCUT2D eigenvalue weighted by molar-refractivity contribution is -0.0663. The maximum atomic E-state index is 9.71. The van der Waals surface area contributed by atoms with E-state index in [2.05, 4.69) is 0 Å². The van der Waals surface area contributed by atoms with Crippen LogP contribution in [0.15, 0.2) is 0 Å². The quantitative estimate of drug-likeness (QED) is 0.655. The molecule has 0 aromatic rings. The van der Waals surface area contributed by atoms with Crippen molar-refractivity contribution in [3.8, 4) is 0 Å². The summed E-state index contributed by atoms with van der Waals surface area (Å²) in [6, 6.07) is 0. The van der Waals surface area contributed by atoms with Gasteiger partial charge in [0.2, 0.25) is 0 Å². The molecule has 0 aliphatic carbocycles. The van der Waals surface area contributed by atoms with E-state index < -0.39 is 5.60 Å². The number of aliphatic hydroxyl groups is 1. The van der Waals surface area contributed by atoms with Crippen LogP contribution in [-0.2, 0) is 4.74 Å². The van der Waals surface area contributed by atoms with E-state index in [1.165, 1.54) is 0 Å². The number of hydrogen-bond acceptors (Lipinski definition) is 3. The van der Waals surface area contributed by atoms with Crippen molar-refractivity contribution >= 4 is 0 Å². The third-order valence-electron chi connectivity index (χ3n) is 2.03. The first kappa shape index (κ1) is 11.9. The van der Waals surface area contributed by atoms with E-state index in [9.17, 15) is 5.11 Å². The molecular weight excluding hydrogens is 154 g/mol. The van der Waals surface area contributed by atoms with E-state index in [0.717, 1.165) is 12.8 Å². The lowest BCUT2D eigenvalue weighted by atomic mass is 9.91. The molecule has 1 aliphatic heterocycles. The zero-order valence-corrected chi connectivity index (χ0v) is 8.18. The van der Waals surface area contributed by atoms with Gasteiger partial charge in [0.1, 0.15) is 0 Å². The third kappa shape index (κ3) is 4.04. The van der Waals surface area contributed by atoms with Gasteiger partial charge in [-0.25, -0.2) is 0 Å². The van der Waals surface area contributed by atoms with E-state index in [0.29, 0.717) is 26.2 Å². The molecule has 3 nitrogen and oxygen atoms in total. The molecule has 1 aliphatic rings. The molecule has 0 amide bonds. The van der Waals surface area contributed by atoms with Crippen molar-refractivity contribution in [3.63, 3.8) is 0 Å². The molecule has 3 heteroatoms. The van der Waals surface area contributed by atoms with Crippen LogP contribution in [0.2, 0.25) is 0 Å². The van der Waals surface area contributed by atoms with Gasteiger partial charge in [0.15, 0.2) is 0 Å². The molecule has 1 saturated heterocycles. The highest BCUT2D eigenvalue weighted by Crippen LogP contribution is 2.22. The van der Waals surface area contributed by atoms with Crippen molar-refractivity contribution in [2.24, 2.45) is 5.73 Å². The van der Waals surface area contributed by atoms with Gasteiger partial charge in [-0.05, 0) is 25.8 Å². The van der Waals surface area contributed by atoms with Gasteiger partial charge in [0.25, 0.3) is 0 Å². The summed E-state index contributed by atoms with van der Waals surface area (Å²) < 4.78 is 5.11. The summed E-state index contributed by atoms with van der Waals surface area (Å²) in [7, 11) is 0. The van der Waals surface area contributed by atoms with Crippen LogP contribution in [0.4, 0.5) is 0 Å². The average molecular weight is 175 g/mol. The van der Waals surface area contributed by atoms with Crippen molar-refractivity contribution < 1.29 is 9.84 Å². The molecule has 0 saturated carbocycles. The summed E-state index contributed by atoms with van der Waals surface area (Å²) in [5, 5.41) is 9.71. The Morgan fingerprint density at radius 2 is 1.83 bits per heavy atom. The summed E-state index contributed by atoms with van der Waals surface area (Å²) in [5.41, 5.74) is 4.82. The monoisotopic (exact) mass is 175 g/mol. The highest BCUT2D eigenvalue weighted by Gasteiger charge is 2.28. The second-order valence-electron chi connectivity index (χ2n) is 2.88. The number of ether oxygens (including phenoxy) is 1. The van der Waals surface area contributed by atoms with E-state index in [1.807, 2.05) is 13.8 Å². The third-order valence-corrected chi connectivity index (χ3v) is 2.03. The Morgan fingerprint density at radius 3 is 2.25 bits per heavy atom. The van der Waals surface area contributed by atoms with E-state index in [-0.39, 0.29) is 0 Å². The minimum absolute atomic E-state index is 0.521. The lowest BCUT2D eigenvalue weighted by Crippen LogP contribution is -2.37. The van der Waals surface area contributed by atoms with Crippen LogP contribution in [0.3, 0.4) is 0 Å². The predicted molar refractivity (Wildman–Crippen MR) is 50.0 cm³/mol. The van der Waals surface area contributed by atoms with E-state index >= 15 is 0 Å². The summed E-state index contributed by atoms with van der Waals surface area (Å²) in [5.74, 6) is 0. The predicted octanol–water partition coefficient (Wildman–Crippen LogP) is 0.903. The molecule has 0 spiro atoms. The zero-order chi connectivity index (χ0) is 9.45. The Hall–Kier alpha value is -0.120. The molecule has 0 radical (unpaired) electrons. The number of nitrogens with two attached hydrogens (primary N) is 1. The van der Waals surface area contributed by atoms with Crippen LogP contribution in [0, 0.1) is 0 Å². The smallest absolute Gasteiger partial charge is 0.0703 e. The van der Waals surface area contributed by atoms with Gasteiger partial charge < -0.3 is 15.6 Å². The molecule has 12 heavy (non-hydrogen) atoms. The molecule has 0 unspecified atom stereocenters. The summed E-state index contributed by atoms with van der Waals surface area (Å²) in [6.07, 6.45) is 2.19. The Kier molecular flexibility index (Phi) is 6.34. The normalized spacial score (nSPS) is 21.0. The fourth-order valence-corrected chi connectivity index (χ4v) is 1.27. The highest BCUT2D eigenvalue weighted by atomic mass is 16.5. The van der Waals surface area contributed by atoms with Crippen LogP contribution in [0.25, 0.3) is 0 Å². The van der Waals surface area contributed by atoms with Crippen molar-refractivity contribution in [1.29, 1.82) is 0 Å². The van der Waals surface area contributed by atoms with Crippen LogP contribution in [0.1, 0.15) is 33.1 Å². The maximum Gasteiger partial charge on any atom is 0.0703 e. The fourth-order valence-electron chi connectivity index (χ4n) is 1.27. The average Bonchev–Trinajstić information content (AvgIpc) is 2.09. The number of hydrogen-bond donors (Lipinski definition) is 2.